The number of anilines is 1. The first-order valence-corrected chi connectivity index (χ1v) is 9.83. The first kappa shape index (κ1) is 19.6. The number of aryl methyl sites for hydroxylation is 1. The summed E-state index contributed by atoms with van der Waals surface area (Å²) in [6.45, 7) is 4.43. The number of carbonyl (C=O) groups is 1. The lowest BCUT2D eigenvalue weighted by molar-refractivity contribution is 0.133. The molecule has 2 aromatic rings. The Labute approximate surface area is 166 Å². The molecular weight excluding hydrogens is 360 g/mol. The lowest BCUT2D eigenvalue weighted by Crippen LogP contribution is -2.50. The zero-order chi connectivity index (χ0) is 19.2. The lowest BCUT2D eigenvalue weighted by atomic mass is 10.0. The van der Waals surface area contributed by atoms with Crippen LogP contribution < -0.4 is 5.32 Å². The van der Waals surface area contributed by atoms with Gasteiger partial charge in [-0.25, -0.2) is 4.79 Å². The van der Waals surface area contributed by atoms with Gasteiger partial charge in [-0.15, -0.1) is 0 Å². The fourth-order valence-electron chi connectivity index (χ4n) is 3.48. The lowest BCUT2D eigenvalue weighted by Gasteiger charge is -2.37. The van der Waals surface area contributed by atoms with Gasteiger partial charge in [0.15, 0.2) is 0 Å². The van der Waals surface area contributed by atoms with Crippen LogP contribution in [0.1, 0.15) is 24.1 Å². The average Bonchev–Trinajstić information content (AvgIpc) is 2.69. The number of likely N-dealkylation sites (tertiary alicyclic amines) is 1. The summed E-state index contributed by atoms with van der Waals surface area (Å²) in [6, 6.07) is 11.9. The Hall–Kier alpha value is -2.11. The molecule has 1 aliphatic rings. The van der Waals surface area contributed by atoms with Gasteiger partial charge in [0.2, 0.25) is 0 Å². The molecule has 0 spiro atoms. The summed E-state index contributed by atoms with van der Waals surface area (Å²) in [5, 5.41) is 3.70. The average molecular weight is 387 g/mol. The molecule has 1 fully saturated rings. The standard InChI is InChI=1S/C21H27ClN4O/c1-16-14-17(22)8-9-20(16)24-21(27)26-12-5-7-19(15-26)25(2)13-10-18-6-3-4-11-23-18/h3-4,6,8-9,11,14,19H,5,7,10,12-13,15H2,1-2H3,(H,24,27). The van der Waals surface area contributed by atoms with E-state index in [9.17, 15) is 4.79 Å². The van der Waals surface area contributed by atoms with Gasteiger partial charge in [0.05, 0.1) is 0 Å². The molecule has 27 heavy (non-hydrogen) atoms. The van der Waals surface area contributed by atoms with E-state index in [1.54, 1.807) is 6.07 Å². The van der Waals surface area contributed by atoms with Crippen LogP contribution in [0, 0.1) is 6.92 Å². The summed E-state index contributed by atoms with van der Waals surface area (Å²) < 4.78 is 0. The third-order valence-corrected chi connectivity index (χ3v) is 5.42. The SMILES string of the molecule is Cc1cc(Cl)ccc1NC(=O)N1CCCC(N(C)CCc2ccccn2)C1. The molecule has 6 heteroatoms. The number of hydrogen-bond donors (Lipinski definition) is 1. The van der Waals surface area contributed by atoms with E-state index in [2.05, 4.69) is 28.3 Å². The van der Waals surface area contributed by atoms with E-state index < -0.39 is 0 Å². The molecule has 1 aliphatic heterocycles. The molecule has 2 amide bonds. The number of pyridine rings is 1. The number of nitrogens with one attached hydrogen (secondary N) is 1. The topological polar surface area (TPSA) is 48.5 Å². The first-order valence-electron chi connectivity index (χ1n) is 9.45. The van der Waals surface area contributed by atoms with Crippen molar-refractivity contribution >= 4 is 23.3 Å². The number of urea groups is 1. The van der Waals surface area contributed by atoms with Crippen molar-refractivity contribution in [2.24, 2.45) is 0 Å². The predicted molar refractivity (Wildman–Crippen MR) is 110 cm³/mol. The van der Waals surface area contributed by atoms with Crippen LogP contribution in [0.5, 0.6) is 0 Å². The maximum absolute atomic E-state index is 12.7. The van der Waals surface area contributed by atoms with Gasteiger partial charge in [0, 0.05) is 54.7 Å². The zero-order valence-electron chi connectivity index (χ0n) is 16.0. The molecule has 1 atom stereocenters. The summed E-state index contributed by atoms with van der Waals surface area (Å²) >= 11 is 6.00. The number of aromatic nitrogens is 1. The third-order valence-electron chi connectivity index (χ3n) is 5.18. The molecule has 0 bridgehead atoms. The van der Waals surface area contributed by atoms with Crippen LogP contribution in [0.3, 0.4) is 0 Å². The summed E-state index contributed by atoms with van der Waals surface area (Å²) in [4.78, 5) is 21.4. The van der Waals surface area contributed by atoms with Gasteiger partial charge in [0.1, 0.15) is 0 Å². The van der Waals surface area contributed by atoms with Crippen molar-refractivity contribution < 1.29 is 4.79 Å². The second-order valence-electron chi connectivity index (χ2n) is 7.18. The number of hydrogen-bond acceptors (Lipinski definition) is 3. The number of amides is 2. The molecule has 5 nitrogen and oxygen atoms in total. The van der Waals surface area contributed by atoms with E-state index in [1.165, 1.54) is 0 Å². The van der Waals surface area contributed by atoms with Crippen molar-refractivity contribution in [1.82, 2.24) is 14.8 Å². The second kappa shape index (κ2) is 9.20. The maximum atomic E-state index is 12.7. The molecule has 3 rings (SSSR count). The van der Waals surface area contributed by atoms with E-state index in [-0.39, 0.29) is 6.03 Å². The van der Waals surface area contributed by atoms with Crippen molar-refractivity contribution in [3.8, 4) is 0 Å². The summed E-state index contributed by atoms with van der Waals surface area (Å²) in [7, 11) is 2.14. The van der Waals surface area contributed by atoms with Crippen LogP contribution in [0.2, 0.25) is 5.02 Å². The molecule has 0 saturated carbocycles. The Morgan fingerprint density at radius 3 is 2.96 bits per heavy atom. The van der Waals surface area contributed by atoms with E-state index in [4.69, 9.17) is 11.6 Å². The minimum absolute atomic E-state index is 0.0387. The third kappa shape index (κ3) is 5.44. The summed E-state index contributed by atoms with van der Waals surface area (Å²) in [6.07, 6.45) is 4.89. The van der Waals surface area contributed by atoms with Gasteiger partial charge in [-0.3, -0.25) is 4.98 Å². The molecule has 0 radical (unpaired) electrons. The molecule has 1 N–H and O–H groups in total. The zero-order valence-corrected chi connectivity index (χ0v) is 16.7. The van der Waals surface area contributed by atoms with Crippen LogP contribution in [0.25, 0.3) is 0 Å². The minimum Gasteiger partial charge on any atom is -0.323 e. The van der Waals surface area contributed by atoms with E-state index in [1.807, 2.05) is 42.3 Å². The van der Waals surface area contributed by atoms with Gasteiger partial charge in [0.25, 0.3) is 0 Å². The quantitative estimate of drug-likeness (QED) is 0.837. The fourth-order valence-corrected chi connectivity index (χ4v) is 3.71. The number of carbonyl (C=O) groups excluding carboxylic acids is 1. The summed E-state index contributed by atoms with van der Waals surface area (Å²) in [5.74, 6) is 0. The predicted octanol–water partition coefficient (Wildman–Crippen LogP) is 4.21. The molecule has 0 aliphatic carbocycles. The Morgan fingerprint density at radius 1 is 1.37 bits per heavy atom. The number of nitrogens with zero attached hydrogens (tertiary/aromatic N) is 3. The van der Waals surface area contributed by atoms with E-state index in [0.717, 1.165) is 55.8 Å². The van der Waals surface area contributed by atoms with Crippen molar-refractivity contribution in [2.45, 2.75) is 32.2 Å². The molecule has 1 aromatic carbocycles. The van der Waals surface area contributed by atoms with Crippen LogP contribution in [0.4, 0.5) is 10.5 Å². The first-order chi connectivity index (χ1) is 13.0. The normalized spacial score (nSPS) is 17.2. The number of piperidine rings is 1. The van der Waals surface area contributed by atoms with Crippen LogP contribution in [0.15, 0.2) is 42.6 Å². The smallest absolute Gasteiger partial charge is 0.321 e. The van der Waals surface area contributed by atoms with Gasteiger partial charge >= 0.3 is 6.03 Å². The number of likely N-dealkylation sites (N-methyl/N-ethyl adjacent to an activating group) is 1. The fraction of sp³-hybridized carbons (Fsp3) is 0.429. The van der Waals surface area contributed by atoms with Crippen molar-refractivity contribution in [1.29, 1.82) is 0 Å². The highest BCUT2D eigenvalue weighted by Crippen LogP contribution is 2.21. The van der Waals surface area contributed by atoms with Gasteiger partial charge in [-0.2, -0.15) is 0 Å². The number of benzene rings is 1. The number of halogens is 1. The second-order valence-corrected chi connectivity index (χ2v) is 7.62. The van der Waals surface area contributed by atoms with Gasteiger partial charge in [-0.1, -0.05) is 17.7 Å². The molecule has 1 aromatic heterocycles. The molecular formula is C21H27ClN4O. The van der Waals surface area contributed by atoms with Crippen molar-refractivity contribution in [3.05, 3.63) is 58.9 Å². The van der Waals surface area contributed by atoms with E-state index >= 15 is 0 Å². The largest absolute Gasteiger partial charge is 0.323 e. The van der Waals surface area contributed by atoms with E-state index in [0.29, 0.717) is 11.1 Å². The Morgan fingerprint density at radius 2 is 2.22 bits per heavy atom. The highest BCUT2D eigenvalue weighted by molar-refractivity contribution is 6.30. The molecule has 2 heterocycles. The van der Waals surface area contributed by atoms with Crippen LogP contribution in [-0.4, -0.2) is 53.5 Å². The highest BCUT2D eigenvalue weighted by Gasteiger charge is 2.26. The number of rotatable bonds is 5. The maximum Gasteiger partial charge on any atom is 0.321 e. The van der Waals surface area contributed by atoms with Crippen LogP contribution >= 0.6 is 11.6 Å². The summed E-state index contributed by atoms with van der Waals surface area (Å²) in [5.41, 5.74) is 2.89. The highest BCUT2D eigenvalue weighted by atomic mass is 35.5. The van der Waals surface area contributed by atoms with Crippen molar-refractivity contribution in [2.75, 3.05) is 32.0 Å². The van der Waals surface area contributed by atoms with Gasteiger partial charge < -0.3 is 15.1 Å². The monoisotopic (exact) mass is 386 g/mol. The van der Waals surface area contributed by atoms with Gasteiger partial charge in [-0.05, 0) is 62.7 Å². The van der Waals surface area contributed by atoms with Crippen molar-refractivity contribution in [3.63, 3.8) is 0 Å². The Bertz CT molecular complexity index is 768. The Balaban J connectivity index is 1.54. The minimum atomic E-state index is -0.0387. The van der Waals surface area contributed by atoms with Crippen LogP contribution in [-0.2, 0) is 6.42 Å². The Kier molecular flexibility index (Phi) is 6.69. The molecule has 1 saturated heterocycles. The molecule has 1 unspecified atom stereocenters. The molecule has 144 valence electrons.